The second kappa shape index (κ2) is 14.3. The van der Waals surface area contributed by atoms with E-state index in [1.807, 2.05) is 29.0 Å². The van der Waals surface area contributed by atoms with Crippen molar-refractivity contribution in [2.45, 2.75) is 19.3 Å². The molecule has 2 rings (SSSR count). The van der Waals surface area contributed by atoms with Crippen molar-refractivity contribution in [2.75, 3.05) is 44.9 Å². The summed E-state index contributed by atoms with van der Waals surface area (Å²) in [5, 5.41) is 22.3. The van der Waals surface area contributed by atoms with Gasteiger partial charge >= 0.3 is 0 Å². The van der Waals surface area contributed by atoms with Crippen LogP contribution in [0.15, 0.2) is 36.4 Å². The third kappa shape index (κ3) is 8.95. The average molecular weight is 453 g/mol. The number of phenols is 2. The number of aromatic hydroxyl groups is 2. The normalized spacial score (nSPS) is 10.9. The van der Waals surface area contributed by atoms with Crippen LogP contribution in [0.3, 0.4) is 0 Å². The van der Waals surface area contributed by atoms with Gasteiger partial charge in [-0.1, -0.05) is 33.7 Å². The van der Waals surface area contributed by atoms with E-state index in [9.17, 15) is 10.2 Å². The molecule has 6 nitrogen and oxygen atoms in total. The number of nitrogens with two attached hydrogens (primary N) is 1. The van der Waals surface area contributed by atoms with Crippen molar-refractivity contribution in [1.29, 1.82) is 0 Å². The highest BCUT2D eigenvalue weighted by Gasteiger charge is 2.06. The van der Waals surface area contributed by atoms with E-state index >= 15 is 0 Å². The fraction of sp³-hybridized carbons (Fsp3) is 0.455. The van der Waals surface area contributed by atoms with E-state index in [1.165, 1.54) is 11.6 Å². The maximum Gasteiger partial charge on any atom is 0.161 e. The summed E-state index contributed by atoms with van der Waals surface area (Å²) in [6, 6.07) is 11.0. The van der Waals surface area contributed by atoms with E-state index in [0.717, 1.165) is 67.5 Å². The fourth-order valence-electron chi connectivity index (χ4n) is 2.77. The molecule has 0 amide bonds. The minimum atomic E-state index is -0.0894. The zero-order valence-corrected chi connectivity index (χ0v) is 19.1. The molecule has 0 fully saturated rings. The second-order valence-electron chi connectivity index (χ2n) is 6.69. The molecule has 30 heavy (non-hydrogen) atoms. The summed E-state index contributed by atoms with van der Waals surface area (Å²) in [5.41, 5.74) is 7.64. The van der Waals surface area contributed by atoms with Gasteiger partial charge in [-0.3, -0.25) is 0 Å². The number of nitrogens with one attached hydrogen (secondary N) is 1. The number of rotatable bonds is 15. The summed E-state index contributed by atoms with van der Waals surface area (Å²) in [6.07, 6.45) is 2.65. The lowest BCUT2D eigenvalue weighted by atomic mass is 10.1. The topological polar surface area (TPSA) is 97.0 Å². The molecule has 0 heterocycles. The van der Waals surface area contributed by atoms with Crippen LogP contribution in [-0.4, -0.2) is 55.1 Å². The maximum absolute atomic E-state index is 9.54. The van der Waals surface area contributed by atoms with Gasteiger partial charge in [-0.15, -0.1) is 0 Å². The van der Waals surface area contributed by atoms with E-state index in [-0.39, 0.29) is 11.5 Å². The van der Waals surface area contributed by atoms with Crippen LogP contribution in [0, 0.1) is 0 Å². The molecule has 8 heteroatoms. The van der Waals surface area contributed by atoms with Gasteiger partial charge in [-0.05, 0) is 67.7 Å². The van der Waals surface area contributed by atoms with Gasteiger partial charge in [0.1, 0.15) is 0 Å². The van der Waals surface area contributed by atoms with E-state index in [2.05, 4.69) is 11.4 Å². The first-order valence-corrected chi connectivity index (χ1v) is 12.6. The largest absolute Gasteiger partial charge is 0.504 e. The molecule has 2 aromatic rings. The van der Waals surface area contributed by atoms with Gasteiger partial charge < -0.3 is 30.7 Å². The molecule has 0 atom stereocenters. The molecule has 0 aliphatic heterocycles. The second-order valence-corrected chi connectivity index (χ2v) is 9.40. The van der Waals surface area contributed by atoms with Gasteiger partial charge in [-0.2, -0.15) is 0 Å². The molecule has 0 aliphatic carbocycles. The standard InChI is InChI=1S/C22H32N2O4S2/c1-27-22-16-18(4-6-21(22)28-12-2-13-29-30-14-9-23)8-11-24-10-7-17-3-5-19(25)20(26)15-17/h3-6,15-16,24-26H,2,7-14,23H2,1H3. The maximum atomic E-state index is 9.54. The minimum Gasteiger partial charge on any atom is -0.504 e. The van der Waals surface area contributed by atoms with Gasteiger partial charge in [-0.25, -0.2) is 0 Å². The van der Waals surface area contributed by atoms with E-state index in [4.69, 9.17) is 15.2 Å². The lowest BCUT2D eigenvalue weighted by Gasteiger charge is -2.12. The first-order chi connectivity index (χ1) is 14.6. The molecule has 0 unspecified atom stereocenters. The van der Waals surface area contributed by atoms with Gasteiger partial charge in [0.2, 0.25) is 0 Å². The van der Waals surface area contributed by atoms with Crippen LogP contribution >= 0.6 is 21.6 Å². The van der Waals surface area contributed by atoms with Gasteiger partial charge in [0.25, 0.3) is 0 Å². The molecule has 0 spiro atoms. The number of phenolic OH excluding ortho intramolecular Hbond substituents is 2. The molecular weight excluding hydrogens is 420 g/mol. The third-order valence-electron chi connectivity index (χ3n) is 4.36. The van der Waals surface area contributed by atoms with Crippen LogP contribution in [0.4, 0.5) is 0 Å². The molecule has 0 saturated heterocycles. The van der Waals surface area contributed by atoms with Gasteiger partial charge in [0.05, 0.1) is 13.7 Å². The van der Waals surface area contributed by atoms with Crippen molar-refractivity contribution in [2.24, 2.45) is 5.73 Å². The summed E-state index contributed by atoms with van der Waals surface area (Å²) in [5.74, 6) is 3.40. The summed E-state index contributed by atoms with van der Waals surface area (Å²) >= 11 is 0. The molecule has 0 radical (unpaired) electrons. The number of methoxy groups -OCH3 is 1. The Morgan fingerprint density at radius 3 is 2.30 bits per heavy atom. The Kier molecular flexibility index (Phi) is 11.7. The Morgan fingerprint density at radius 1 is 0.900 bits per heavy atom. The minimum absolute atomic E-state index is 0.0776. The Morgan fingerprint density at radius 2 is 1.60 bits per heavy atom. The summed E-state index contributed by atoms with van der Waals surface area (Å²) in [6.45, 7) is 3.02. The van der Waals surface area contributed by atoms with Crippen molar-refractivity contribution < 1.29 is 19.7 Å². The molecular formula is C22H32N2O4S2. The molecule has 2 aromatic carbocycles. The first-order valence-electron chi connectivity index (χ1n) is 10.1. The lowest BCUT2D eigenvalue weighted by Crippen LogP contribution is -2.20. The van der Waals surface area contributed by atoms with Gasteiger partial charge in [0, 0.05) is 18.1 Å². The van der Waals surface area contributed by atoms with Crippen LogP contribution < -0.4 is 20.5 Å². The quantitative estimate of drug-likeness (QED) is 0.185. The molecule has 166 valence electrons. The van der Waals surface area contributed by atoms with Crippen molar-refractivity contribution in [3.05, 3.63) is 47.5 Å². The highest BCUT2D eigenvalue weighted by atomic mass is 33.1. The van der Waals surface area contributed by atoms with Crippen molar-refractivity contribution in [3.63, 3.8) is 0 Å². The first kappa shape index (κ1) is 24.5. The van der Waals surface area contributed by atoms with Crippen LogP contribution in [0.1, 0.15) is 17.5 Å². The highest BCUT2D eigenvalue weighted by molar-refractivity contribution is 8.76. The third-order valence-corrected chi connectivity index (χ3v) is 6.89. The predicted molar refractivity (Wildman–Crippen MR) is 127 cm³/mol. The average Bonchev–Trinajstić information content (AvgIpc) is 2.75. The molecule has 0 aromatic heterocycles. The number of hydrogen-bond donors (Lipinski definition) is 4. The number of benzene rings is 2. The Labute approximate surface area is 186 Å². The summed E-state index contributed by atoms with van der Waals surface area (Å²) in [7, 11) is 5.30. The van der Waals surface area contributed by atoms with E-state index < -0.39 is 0 Å². The van der Waals surface area contributed by atoms with E-state index in [0.29, 0.717) is 6.61 Å². The molecule has 5 N–H and O–H groups in total. The zero-order chi connectivity index (χ0) is 21.6. The lowest BCUT2D eigenvalue weighted by molar-refractivity contribution is 0.295. The van der Waals surface area contributed by atoms with E-state index in [1.54, 1.807) is 24.0 Å². The molecule has 0 aliphatic rings. The zero-order valence-electron chi connectivity index (χ0n) is 17.4. The Balaban J connectivity index is 1.67. The van der Waals surface area contributed by atoms with Crippen molar-refractivity contribution in [1.82, 2.24) is 5.32 Å². The van der Waals surface area contributed by atoms with Crippen LogP contribution in [0.25, 0.3) is 0 Å². The number of hydrogen-bond acceptors (Lipinski definition) is 8. The summed E-state index contributed by atoms with van der Waals surface area (Å²) in [4.78, 5) is 0. The molecule has 0 saturated carbocycles. The van der Waals surface area contributed by atoms with Crippen molar-refractivity contribution >= 4 is 21.6 Å². The Bertz CT molecular complexity index is 762. The number of ether oxygens (including phenoxy) is 2. The van der Waals surface area contributed by atoms with Crippen LogP contribution in [-0.2, 0) is 12.8 Å². The van der Waals surface area contributed by atoms with Crippen molar-refractivity contribution in [3.8, 4) is 23.0 Å². The van der Waals surface area contributed by atoms with Gasteiger partial charge in [0.15, 0.2) is 23.0 Å². The smallest absolute Gasteiger partial charge is 0.161 e. The molecule has 0 bridgehead atoms. The summed E-state index contributed by atoms with van der Waals surface area (Å²) < 4.78 is 11.4. The van der Waals surface area contributed by atoms with Crippen LogP contribution in [0.2, 0.25) is 0 Å². The monoisotopic (exact) mass is 452 g/mol. The highest BCUT2D eigenvalue weighted by Crippen LogP contribution is 2.29. The fourth-order valence-corrected chi connectivity index (χ4v) is 4.68. The Hall–Kier alpha value is -1.74. The predicted octanol–water partition coefficient (Wildman–Crippen LogP) is 3.59. The SMILES string of the molecule is COc1cc(CCNCCc2ccc(O)c(O)c2)ccc1OCCCSSCCN. The van der Waals surface area contributed by atoms with Crippen LogP contribution in [0.5, 0.6) is 23.0 Å².